The van der Waals surface area contributed by atoms with Crippen LogP contribution < -0.4 is 11.0 Å². The van der Waals surface area contributed by atoms with Crippen molar-refractivity contribution in [3.8, 4) is 0 Å². The van der Waals surface area contributed by atoms with Gasteiger partial charge in [-0.15, -0.1) is 11.3 Å². The molecule has 9 heteroatoms. The first-order chi connectivity index (χ1) is 13.6. The van der Waals surface area contributed by atoms with Crippen LogP contribution in [0.3, 0.4) is 0 Å². The Balaban J connectivity index is 1.54. The summed E-state index contributed by atoms with van der Waals surface area (Å²) in [6, 6.07) is 6.87. The normalized spacial score (nSPS) is 13.8. The lowest BCUT2D eigenvalue weighted by molar-refractivity contribution is -0.117. The molecule has 1 N–H and O–H groups in total. The van der Waals surface area contributed by atoms with Crippen LogP contribution in [0.4, 0.5) is 5.69 Å². The summed E-state index contributed by atoms with van der Waals surface area (Å²) in [5.74, 6) is -0.335. The Hall–Kier alpha value is -2.71. The monoisotopic (exact) mass is 413 g/mol. The van der Waals surface area contributed by atoms with E-state index >= 15 is 0 Å². The maximum Gasteiger partial charge on any atom is 0.365 e. The fourth-order valence-electron chi connectivity index (χ4n) is 3.72. The van der Waals surface area contributed by atoms with Crippen molar-refractivity contribution in [2.24, 2.45) is 0 Å². The number of halogens is 1. The van der Waals surface area contributed by atoms with Crippen molar-refractivity contribution in [2.45, 2.75) is 32.2 Å². The van der Waals surface area contributed by atoms with Crippen molar-refractivity contribution in [1.29, 1.82) is 0 Å². The predicted octanol–water partition coefficient (Wildman–Crippen LogP) is 3.28. The molecule has 28 heavy (non-hydrogen) atoms. The molecule has 0 bridgehead atoms. The number of hydrogen-bond donors (Lipinski definition) is 1. The zero-order chi connectivity index (χ0) is 19.3. The Morgan fingerprint density at radius 2 is 2.14 bits per heavy atom. The summed E-state index contributed by atoms with van der Waals surface area (Å²) in [5.41, 5.74) is 1.94. The maximum atomic E-state index is 12.5. The van der Waals surface area contributed by atoms with Gasteiger partial charge in [0.25, 0.3) is 0 Å². The molecule has 3 aromatic heterocycles. The van der Waals surface area contributed by atoms with E-state index in [0.717, 1.165) is 29.5 Å². The fraction of sp³-hybridized carbons (Fsp3) is 0.263. The Bertz CT molecular complexity index is 1290. The van der Waals surface area contributed by atoms with Gasteiger partial charge in [-0.1, -0.05) is 17.7 Å². The van der Waals surface area contributed by atoms with Gasteiger partial charge in [0, 0.05) is 15.6 Å². The summed E-state index contributed by atoms with van der Waals surface area (Å²) in [5, 5.41) is 4.23. The molecule has 0 radical (unpaired) electrons. The minimum absolute atomic E-state index is 0.161. The Morgan fingerprint density at radius 3 is 3.00 bits per heavy atom. The van der Waals surface area contributed by atoms with Gasteiger partial charge in [-0.3, -0.25) is 4.79 Å². The number of hydrogen-bond acceptors (Lipinski definition) is 5. The number of rotatable bonds is 3. The maximum absolute atomic E-state index is 12.5. The third-order valence-corrected chi connectivity index (χ3v) is 6.40. The number of nitrogens with one attached hydrogen (secondary N) is 1. The first-order valence-electron chi connectivity index (χ1n) is 9.04. The number of benzene rings is 1. The van der Waals surface area contributed by atoms with Gasteiger partial charge in [0.15, 0.2) is 5.65 Å². The molecule has 0 spiro atoms. The Morgan fingerprint density at radius 1 is 1.29 bits per heavy atom. The highest BCUT2D eigenvalue weighted by Crippen LogP contribution is 2.36. The third-order valence-electron chi connectivity index (χ3n) is 4.96. The van der Waals surface area contributed by atoms with Gasteiger partial charge in [-0.25, -0.2) is 19.0 Å². The quantitative estimate of drug-likeness (QED) is 0.558. The van der Waals surface area contributed by atoms with Crippen LogP contribution >= 0.6 is 22.9 Å². The minimum atomic E-state index is -0.466. The molecule has 4 aromatic rings. The molecule has 1 aliphatic carbocycles. The van der Waals surface area contributed by atoms with Gasteiger partial charge in [-0.2, -0.15) is 4.98 Å². The Kier molecular flexibility index (Phi) is 4.17. The van der Waals surface area contributed by atoms with Crippen LogP contribution in [-0.2, 0) is 24.2 Å². The summed E-state index contributed by atoms with van der Waals surface area (Å²) < 4.78 is 2.89. The van der Waals surface area contributed by atoms with Crippen molar-refractivity contribution in [1.82, 2.24) is 19.2 Å². The van der Waals surface area contributed by atoms with Crippen molar-refractivity contribution < 1.29 is 4.79 Å². The number of aryl methyl sites for hydroxylation is 2. The number of anilines is 1. The van der Waals surface area contributed by atoms with Crippen molar-refractivity contribution in [3.05, 3.63) is 56.5 Å². The zero-order valence-corrected chi connectivity index (χ0v) is 16.4. The van der Waals surface area contributed by atoms with Crippen LogP contribution in [-0.4, -0.2) is 25.1 Å². The molecule has 1 amide bonds. The number of amides is 1. The van der Waals surface area contributed by atoms with E-state index in [1.54, 1.807) is 46.4 Å². The number of carbonyl (C=O) groups excluding carboxylic acids is 1. The molecular weight excluding hydrogens is 398 g/mol. The molecule has 0 unspecified atom stereocenters. The van der Waals surface area contributed by atoms with Gasteiger partial charge in [0.05, 0.1) is 5.39 Å². The molecule has 0 fully saturated rings. The molecule has 0 saturated heterocycles. The molecule has 1 aliphatic rings. The number of fused-ring (bicyclic) bond motifs is 5. The highest BCUT2D eigenvalue weighted by atomic mass is 35.5. The van der Waals surface area contributed by atoms with E-state index in [-0.39, 0.29) is 12.5 Å². The molecule has 1 aromatic carbocycles. The van der Waals surface area contributed by atoms with Crippen LogP contribution in [0.2, 0.25) is 5.02 Å². The van der Waals surface area contributed by atoms with E-state index < -0.39 is 5.69 Å². The summed E-state index contributed by atoms with van der Waals surface area (Å²) >= 11 is 7.63. The molecule has 5 rings (SSSR count). The topological polar surface area (TPSA) is 81.3 Å². The van der Waals surface area contributed by atoms with E-state index in [2.05, 4.69) is 15.3 Å². The molecule has 142 valence electrons. The first-order valence-corrected chi connectivity index (χ1v) is 10.2. The number of nitrogens with zero attached hydrogens (tertiary/aromatic N) is 4. The SMILES string of the molecule is O=C(Cn1c(=O)nc2c3c4c(sc3ncn21)CCCC4)Nc1cccc(Cl)c1. The van der Waals surface area contributed by atoms with Gasteiger partial charge < -0.3 is 5.32 Å². The summed E-state index contributed by atoms with van der Waals surface area (Å²) in [7, 11) is 0. The molecule has 0 atom stereocenters. The highest BCUT2D eigenvalue weighted by molar-refractivity contribution is 7.19. The zero-order valence-electron chi connectivity index (χ0n) is 14.8. The number of aromatic nitrogens is 4. The fourth-order valence-corrected chi connectivity index (χ4v) is 5.13. The molecular formula is C19H16ClN5O2S. The standard InChI is InChI=1S/C19H16ClN5O2S/c20-11-4-3-5-12(8-11)22-15(26)9-24-19(27)23-17-16-13-6-1-2-7-14(13)28-18(16)21-10-25(17)24/h3-5,8,10H,1-2,6-7,9H2,(H,22,26). The van der Waals surface area contributed by atoms with Gasteiger partial charge in [-0.05, 0) is 49.4 Å². The lowest BCUT2D eigenvalue weighted by atomic mass is 9.97. The molecule has 0 aliphatic heterocycles. The molecule has 0 saturated carbocycles. The lowest BCUT2D eigenvalue weighted by Gasteiger charge is -2.10. The summed E-state index contributed by atoms with van der Waals surface area (Å²) in [4.78, 5) is 36.0. The summed E-state index contributed by atoms with van der Waals surface area (Å²) in [6.07, 6.45) is 5.91. The van der Waals surface area contributed by atoms with Gasteiger partial charge >= 0.3 is 5.69 Å². The van der Waals surface area contributed by atoms with E-state index in [1.165, 1.54) is 21.5 Å². The summed E-state index contributed by atoms with van der Waals surface area (Å²) in [6.45, 7) is -0.161. The average Bonchev–Trinajstić information content (AvgIpc) is 3.19. The average molecular weight is 414 g/mol. The van der Waals surface area contributed by atoms with E-state index in [0.29, 0.717) is 16.4 Å². The number of thiophene rings is 1. The largest absolute Gasteiger partial charge is 0.365 e. The van der Waals surface area contributed by atoms with Gasteiger partial charge in [0.2, 0.25) is 5.91 Å². The predicted molar refractivity (Wildman–Crippen MR) is 109 cm³/mol. The van der Waals surface area contributed by atoms with E-state index in [1.807, 2.05) is 0 Å². The second-order valence-corrected chi connectivity index (χ2v) is 8.33. The van der Waals surface area contributed by atoms with Crippen LogP contribution in [0, 0.1) is 0 Å². The smallest absolute Gasteiger partial charge is 0.324 e. The van der Waals surface area contributed by atoms with Crippen molar-refractivity contribution in [3.63, 3.8) is 0 Å². The second kappa shape index (κ2) is 6.72. The highest BCUT2D eigenvalue weighted by Gasteiger charge is 2.22. The molecule has 3 heterocycles. The minimum Gasteiger partial charge on any atom is -0.324 e. The third kappa shape index (κ3) is 2.89. The van der Waals surface area contributed by atoms with Gasteiger partial charge in [0.1, 0.15) is 17.7 Å². The van der Waals surface area contributed by atoms with Crippen molar-refractivity contribution in [2.75, 3.05) is 5.32 Å². The number of carbonyl (C=O) groups is 1. The first kappa shape index (κ1) is 17.4. The van der Waals surface area contributed by atoms with E-state index in [9.17, 15) is 9.59 Å². The van der Waals surface area contributed by atoms with Crippen LogP contribution in [0.5, 0.6) is 0 Å². The molecule has 7 nitrogen and oxygen atoms in total. The van der Waals surface area contributed by atoms with Crippen LogP contribution in [0.25, 0.3) is 15.9 Å². The van der Waals surface area contributed by atoms with E-state index in [4.69, 9.17) is 11.6 Å². The Labute approximate surface area is 168 Å². The van der Waals surface area contributed by atoms with Crippen molar-refractivity contribution >= 4 is 50.4 Å². The second-order valence-electron chi connectivity index (χ2n) is 6.81. The lowest BCUT2D eigenvalue weighted by Crippen LogP contribution is -2.28. The van der Waals surface area contributed by atoms with Crippen LogP contribution in [0.15, 0.2) is 35.4 Å². The van der Waals surface area contributed by atoms with Crippen LogP contribution in [0.1, 0.15) is 23.3 Å².